The minimum Gasteiger partial charge on any atom is -0.512 e. The molecule has 2 N–H and O–H groups in total. The first-order valence-electron chi connectivity index (χ1n) is 6.79. The van der Waals surface area contributed by atoms with Gasteiger partial charge in [-0.15, -0.1) is 11.8 Å². The third-order valence-electron chi connectivity index (χ3n) is 3.65. The molecule has 5 heteroatoms. The minimum absolute atomic E-state index is 0.0611. The molecule has 2 aromatic rings. The van der Waals surface area contributed by atoms with E-state index in [4.69, 9.17) is 0 Å². The van der Waals surface area contributed by atoms with Crippen molar-refractivity contribution in [2.75, 3.05) is 11.6 Å². The van der Waals surface area contributed by atoms with Gasteiger partial charge < -0.3 is 10.4 Å². The van der Waals surface area contributed by atoms with Gasteiger partial charge in [0.1, 0.15) is 12.1 Å². The normalized spacial score (nSPS) is 18.3. The fraction of sp³-hybridized carbons (Fsp3) is 0.250. The maximum Gasteiger partial charge on any atom is 0.137 e. The van der Waals surface area contributed by atoms with Crippen LogP contribution in [-0.4, -0.2) is 27.4 Å². The van der Waals surface area contributed by atoms with Crippen molar-refractivity contribution in [3.8, 4) is 0 Å². The zero-order valence-corrected chi connectivity index (χ0v) is 12.8. The number of allylic oxidation sites excluding steroid dienone is 2. The second kappa shape index (κ2) is 5.77. The van der Waals surface area contributed by atoms with Crippen LogP contribution < -0.4 is 5.32 Å². The number of hydrogen-bond donors (Lipinski definition) is 2. The van der Waals surface area contributed by atoms with Gasteiger partial charge in [-0.3, -0.25) is 0 Å². The van der Waals surface area contributed by atoms with Crippen LogP contribution in [0.5, 0.6) is 0 Å². The first-order valence-corrected chi connectivity index (χ1v) is 8.01. The highest BCUT2D eigenvalue weighted by Crippen LogP contribution is 2.27. The summed E-state index contributed by atoms with van der Waals surface area (Å²) in [7, 11) is 0. The number of fused-ring (bicyclic) bond motifs is 1. The van der Waals surface area contributed by atoms with Crippen LogP contribution in [0, 0.1) is 0 Å². The summed E-state index contributed by atoms with van der Waals surface area (Å²) in [6, 6.07) is 6.23. The molecule has 0 bridgehead atoms. The molecule has 1 aromatic carbocycles. The highest BCUT2D eigenvalue weighted by Gasteiger charge is 2.17. The zero-order chi connectivity index (χ0) is 14.8. The van der Waals surface area contributed by atoms with E-state index in [1.165, 1.54) is 10.5 Å². The smallest absolute Gasteiger partial charge is 0.137 e. The first kappa shape index (κ1) is 13.9. The molecule has 4 nitrogen and oxygen atoms in total. The van der Waals surface area contributed by atoms with E-state index in [9.17, 15) is 5.11 Å². The molecule has 1 unspecified atom stereocenters. The Hall–Kier alpha value is -2.01. The Labute approximate surface area is 128 Å². The van der Waals surface area contributed by atoms with Gasteiger partial charge in [0.2, 0.25) is 0 Å². The molecule has 108 valence electrons. The zero-order valence-electron chi connectivity index (χ0n) is 12.0. The van der Waals surface area contributed by atoms with Crippen molar-refractivity contribution in [2.45, 2.75) is 24.3 Å². The summed E-state index contributed by atoms with van der Waals surface area (Å²) in [5.41, 5.74) is 2.10. The second-order valence-corrected chi connectivity index (χ2v) is 5.95. The average molecular weight is 299 g/mol. The molecule has 0 fully saturated rings. The molecule has 0 aliphatic heterocycles. The summed E-state index contributed by atoms with van der Waals surface area (Å²) in [5, 5.41) is 14.1. The molecular formula is C16H17N3OS. The van der Waals surface area contributed by atoms with E-state index in [-0.39, 0.29) is 6.04 Å². The molecule has 1 heterocycles. The Morgan fingerprint density at radius 3 is 2.95 bits per heavy atom. The molecule has 3 rings (SSSR count). The number of thioether (sulfide) groups is 1. The predicted molar refractivity (Wildman–Crippen MR) is 87.8 cm³/mol. The quantitative estimate of drug-likeness (QED) is 0.841. The number of nitrogens with zero attached hydrogens (tertiary/aromatic N) is 2. The largest absolute Gasteiger partial charge is 0.512 e. The van der Waals surface area contributed by atoms with Gasteiger partial charge in [-0.05, 0) is 37.5 Å². The SMILES string of the molecule is CSc1ccc2ncnc(NC3CC(O)=CC=C3C)c2c1. The van der Waals surface area contributed by atoms with Crippen LogP contribution in [0.25, 0.3) is 10.9 Å². The van der Waals surface area contributed by atoms with Gasteiger partial charge in [-0.25, -0.2) is 9.97 Å². The van der Waals surface area contributed by atoms with Crippen molar-refractivity contribution in [1.29, 1.82) is 0 Å². The fourth-order valence-corrected chi connectivity index (χ4v) is 2.83. The van der Waals surface area contributed by atoms with E-state index in [1.807, 2.05) is 12.1 Å². The molecule has 1 atom stereocenters. The van der Waals surface area contributed by atoms with Crippen LogP contribution in [0.4, 0.5) is 5.82 Å². The standard InChI is InChI=1S/C16H17N3OS/c1-10-3-4-11(20)7-15(10)19-16-13-8-12(21-2)5-6-14(13)17-9-18-16/h3-6,8-9,15,20H,7H2,1-2H3,(H,17,18,19). The lowest BCUT2D eigenvalue weighted by molar-refractivity contribution is 0.380. The topological polar surface area (TPSA) is 58.0 Å². The molecule has 21 heavy (non-hydrogen) atoms. The maximum absolute atomic E-state index is 9.71. The highest BCUT2D eigenvalue weighted by atomic mass is 32.2. The van der Waals surface area contributed by atoms with Crippen LogP contribution in [0.15, 0.2) is 52.9 Å². The molecular weight excluding hydrogens is 282 g/mol. The van der Waals surface area contributed by atoms with Gasteiger partial charge in [0, 0.05) is 16.7 Å². The molecule has 1 aliphatic carbocycles. The number of aliphatic hydroxyl groups is 1. The van der Waals surface area contributed by atoms with Gasteiger partial charge in [0.25, 0.3) is 0 Å². The summed E-state index contributed by atoms with van der Waals surface area (Å²) < 4.78 is 0. The van der Waals surface area contributed by atoms with Crippen molar-refractivity contribution in [1.82, 2.24) is 9.97 Å². The number of rotatable bonds is 3. The molecule has 0 radical (unpaired) electrons. The van der Waals surface area contributed by atoms with E-state index >= 15 is 0 Å². The van der Waals surface area contributed by atoms with E-state index in [0.29, 0.717) is 12.2 Å². The first-order chi connectivity index (χ1) is 10.2. The summed E-state index contributed by atoms with van der Waals surface area (Å²) >= 11 is 1.70. The third kappa shape index (κ3) is 2.88. The fourth-order valence-electron chi connectivity index (χ4n) is 2.39. The van der Waals surface area contributed by atoms with E-state index in [1.54, 1.807) is 24.2 Å². The number of aromatic nitrogens is 2. The number of anilines is 1. The molecule has 0 saturated carbocycles. The lowest BCUT2D eigenvalue weighted by Gasteiger charge is -2.23. The number of hydrogen-bond acceptors (Lipinski definition) is 5. The Balaban J connectivity index is 1.97. The van der Waals surface area contributed by atoms with Crippen molar-refractivity contribution in [3.63, 3.8) is 0 Å². The summed E-state index contributed by atoms with van der Waals surface area (Å²) in [6.45, 7) is 2.05. The summed E-state index contributed by atoms with van der Waals surface area (Å²) in [6.07, 6.45) is 7.89. The van der Waals surface area contributed by atoms with Crippen LogP contribution in [-0.2, 0) is 0 Å². The average Bonchev–Trinajstić information content (AvgIpc) is 2.51. The molecule has 0 amide bonds. The lowest BCUT2D eigenvalue weighted by atomic mass is 9.99. The lowest BCUT2D eigenvalue weighted by Crippen LogP contribution is -2.24. The van der Waals surface area contributed by atoms with Gasteiger partial charge >= 0.3 is 0 Å². The number of benzene rings is 1. The van der Waals surface area contributed by atoms with Gasteiger partial charge in [0.05, 0.1) is 17.3 Å². The van der Waals surface area contributed by atoms with Crippen molar-refractivity contribution in [2.24, 2.45) is 0 Å². The van der Waals surface area contributed by atoms with Crippen LogP contribution >= 0.6 is 11.8 Å². The maximum atomic E-state index is 9.71. The van der Waals surface area contributed by atoms with E-state index in [0.717, 1.165) is 16.7 Å². The second-order valence-electron chi connectivity index (χ2n) is 5.08. The Bertz CT molecular complexity index is 739. The van der Waals surface area contributed by atoms with Crippen molar-refractivity contribution < 1.29 is 5.11 Å². The van der Waals surface area contributed by atoms with Crippen LogP contribution in [0.1, 0.15) is 13.3 Å². The van der Waals surface area contributed by atoms with E-state index in [2.05, 4.69) is 40.6 Å². The monoisotopic (exact) mass is 299 g/mol. The Morgan fingerprint density at radius 2 is 2.14 bits per heavy atom. The van der Waals surface area contributed by atoms with Gasteiger partial charge in [-0.1, -0.05) is 11.6 Å². The van der Waals surface area contributed by atoms with Crippen molar-refractivity contribution in [3.05, 3.63) is 48.0 Å². The minimum atomic E-state index is 0.0611. The van der Waals surface area contributed by atoms with Crippen LogP contribution in [0.2, 0.25) is 0 Å². The summed E-state index contributed by atoms with van der Waals surface area (Å²) in [4.78, 5) is 9.86. The van der Waals surface area contributed by atoms with Crippen molar-refractivity contribution >= 4 is 28.5 Å². The molecule has 0 spiro atoms. The van der Waals surface area contributed by atoms with Gasteiger partial charge in [0.15, 0.2) is 0 Å². The molecule has 1 aliphatic rings. The number of nitrogens with one attached hydrogen (secondary N) is 1. The molecule has 0 saturated heterocycles. The number of aliphatic hydroxyl groups excluding tert-OH is 1. The van der Waals surface area contributed by atoms with Gasteiger partial charge in [-0.2, -0.15) is 0 Å². The Morgan fingerprint density at radius 1 is 1.29 bits per heavy atom. The summed E-state index contributed by atoms with van der Waals surface area (Å²) in [5.74, 6) is 1.20. The highest BCUT2D eigenvalue weighted by molar-refractivity contribution is 7.98. The van der Waals surface area contributed by atoms with Crippen LogP contribution in [0.3, 0.4) is 0 Å². The Kier molecular flexibility index (Phi) is 3.84. The third-order valence-corrected chi connectivity index (χ3v) is 4.38. The molecule has 1 aromatic heterocycles. The predicted octanol–water partition coefficient (Wildman–Crippen LogP) is 3.92. The van der Waals surface area contributed by atoms with E-state index < -0.39 is 0 Å².